The van der Waals surface area contributed by atoms with E-state index in [-0.39, 0.29) is 41.2 Å². The van der Waals surface area contributed by atoms with E-state index in [1.54, 1.807) is 39.0 Å². The van der Waals surface area contributed by atoms with Gasteiger partial charge in [0.25, 0.3) is 5.91 Å². The Balaban J connectivity index is 1.51. The Kier molecular flexibility index (Phi) is 23.6. The molecule has 3 atom stereocenters. The number of alkyl carbamates (subject to hydrolysis) is 1. The SMILES string of the molecule is C[C@@H]1NC(=O)N[C@@H]1CCCCCC(=O)NCCCOCCOCCOCCCNC(=O)[C@H](CCCCNC(=O)OC(C)(C)C)NC(=O)c1cccc(N=[N+]=[N-])c1. The van der Waals surface area contributed by atoms with Crippen LogP contribution < -0.4 is 31.9 Å². The van der Waals surface area contributed by atoms with Crippen molar-refractivity contribution >= 4 is 35.5 Å². The number of nitrogens with one attached hydrogen (secondary N) is 6. The lowest BCUT2D eigenvalue weighted by Gasteiger charge is -2.20. The van der Waals surface area contributed by atoms with Gasteiger partial charge in [-0.05, 0) is 90.3 Å². The van der Waals surface area contributed by atoms with E-state index in [0.717, 1.165) is 25.7 Å². The van der Waals surface area contributed by atoms with Gasteiger partial charge in [-0.15, -0.1) is 0 Å². The number of unbranched alkanes of at least 4 members (excludes halogenated alkanes) is 3. The zero-order chi connectivity index (χ0) is 41.0. The van der Waals surface area contributed by atoms with Gasteiger partial charge in [0.1, 0.15) is 11.6 Å². The highest BCUT2D eigenvalue weighted by molar-refractivity contribution is 5.98. The molecule has 1 aliphatic heterocycles. The fourth-order valence-corrected chi connectivity index (χ4v) is 5.58. The molecule has 6 amide bonds. The lowest BCUT2D eigenvalue weighted by molar-refractivity contribution is -0.123. The maximum absolute atomic E-state index is 13.1. The van der Waals surface area contributed by atoms with E-state index in [1.807, 2.05) is 6.92 Å². The van der Waals surface area contributed by atoms with Gasteiger partial charge in [0.2, 0.25) is 11.8 Å². The second-order valence-corrected chi connectivity index (χ2v) is 14.5. The highest BCUT2D eigenvalue weighted by Crippen LogP contribution is 2.15. The summed E-state index contributed by atoms with van der Waals surface area (Å²) in [4.78, 5) is 64.1. The maximum Gasteiger partial charge on any atom is 0.407 e. The molecule has 1 heterocycles. The van der Waals surface area contributed by atoms with Crippen LogP contribution in [0.2, 0.25) is 0 Å². The summed E-state index contributed by atoms with van der Waals surface area (Å²) in [5, 5.41) is 20.5. The molecule has 0 saturated carbocycles. The van der Waals surface area contributed by atoms with Crippen LogP contribution >= 0.6 is 0 Å². The Morgan fingerprint density at radius 1 is 0.839 bits per heavy atom. The van der Waals surface area contributed by atoms with Crippen LogP contribution in [0.5, 0.6) is 0 Å². The van der Waals surface area contributed by atoms with Crippen LogP contribution in [0, 0.1) is 0 Å². The largest absolute Gasteiger partial charge is 0.444 e. The maximum atomic E-state index is 13.1. The van der Waals surface area contributed by atoms with E-state index in [1.165, 1.54) is 6.07 Å². The first-order valence-electron chi connectivity index (χ1n) is 19.7. The molecule has 18 nitrogen and oxygen atoms in total. The van der Waals surface area contributed by atoms with Gasteiger partial charge in [-0.1, -0.05) is 30.1 Å². The van der Waals surface area contributed by atoms with Crippen molar-refractivity contribution in [3.63, 3.8) is 0 Å². The van der Waals surface area contributed by atoms with Crippen LogP contribution in [0.1, 0.15) is 102 Å². The second kappa shape index (κ2) is 27.9. The molecule has 6 N–H and O–H groups in total. The van der Waals surface area contributed by atoms with Crippen molar-refractivity contribution in [2.24, 2.45) is 5.11 Å². The fraction of sp³-hybridized carbons (Fsp3) is 0.711. The van der Waals surface area contributed by atoms with Gasteiger partial charge in [-0.25, -0.2) is 9.59 Å². The van der Waals surface area contributed by atoms with E-state index in [9.17, 15) is 24.0 Å². The lowest BCUT2D eigenvalue weighted by atomic mass is 10.0. The molecule has 0 radical (unpaired) electrons. The van der Waals surface area contributed by atoms with Crippen molar-refractivity contribution in [3.8, 4) is 0 Å². The first kappa shape index (κ1) is 47.5. The summed E-state index contributed by atoms with van der Waals surface area (Å²) in [5.41, 5.74) is 8.65. The van der Waals surface area contributed by atoms with Crippen molar-refractivity contribution in [1.29, 1.82) is 0 Å². The normalized spacial score (nSPS) is 15.5. The summed E-state index contributed by atoms with van der Waals surface area (Å²) in [6.07, 6.45) is 6.34. The minimum absolute atomic E-state index is 0.0404. The van der Waals surface area contributed by atoms with Crippen LogP contribution in [0.4, 0.5) is 15.3 Å². The number of ether oxygens (including phenoxy) is 4. The monoisotopic (exact) mass is 789 g/mol. The summed E-state index contributed by atoms with van der Waals surface area (Å²) >= 11 is 0. The number of amides is 6. The first-order valence-corrected chi connectivity index (χ1v) is 19.7. The van der Waals surface area contributed by atoms with Crippen LogP contribution in [-0.4, -0.2) is 113 Å². The molecule has 0 aromatic heterocycles. The highest BCUT2D eigenvalue weighted by atomic mass is 16.6. The molecule has 1 fully saturated rings. The van der Waals surface area contributed by atoms with E-state index in [2.05, 4.69) is 41.9 Å². The number of nitrogens with zero attached hydrogens (tertiary/aromatic N) is 3. The zero-order valence-electron chi connectivity index (χ0n) is 33.5. The molecule has 0 unspecified atom stereocenters. The minimum atomic E-state index is -0.829. The third kappa shape index (κ3) is 22.7. The van der Waals surface area contributed by atoms with Crippen LogP contribution in [0.15, 0.2) is 29.4 Å². The average molecular weight is 790 g/mol. The highest BCUT2D eigenvalue weighted by Gasteiger charge is 2.27. The summed E-state index contributed by atoms with van der Waals surface area (Å²) in [5.74, 6) is -0.786. The smallest absolute Gasteiger partial charge is 0.407 e. The van der Waals surface area contributed by atoms with Crippen LogP contribution in [0.3, 0.4) is 0 Å². The molecule has 1 saturated heterocycles. The van der Waals surface area contributed by atoms with Gasteiger partial charge in [-0.3, -0.25) is 14.4 Å². The molecular weight excluding hydrogens is 726 g/mol. The third-order valence-corrected chi connectivity index (χ3v) is 8.47. The van der Waals surface area contributed by atoms with Crippen LogP contribution in [-0.2, 0) is 28.5 Å². The molecule has 0 aliphatic carbocycles. The molecule has 0 spiro atoms. The number of carbonyl (C=O) groups excluding carboxylic acids is 5. The summed E-state index contributed by atoms with van der Waals surface area (Å²) in [6, 6.07) is 5.54. The van der Waals surface area contributed by atoms with E-state index in [0.29, 0.717) is 97.8 Å². The standard InChI is InChI=1S/C38H63N9O9/c1-28-31(45-36(51)43-28)15-6-5-7-17-33(48)40-19-11-21-53-23-25-55-26-24-54-22-12-20-41-35(50)32(16-8-9-18-42-37(52)56-38(2,3)4)44-34(49)29-13-10-14-30(27-29)46-47-39/h10,13-14,27-28,31-32H,5-9,11-12,15-26H2,1-4H3,(H,40,48)(H,41,50)(H,42,52)(H,44,49)(H2,43,45,51)/t28-,31+,32-/m0/s1. The second-order valence-electron chi connectivity index (χ2n) is 14.5. The number of rotatable bonds is 29. The van der Waals surface area contributed by atoms with Gasteiger partial charge < -0.3 is 50.8 Å². The fourth-order valence-electron chi connectivity index (χ4n) is 5.58. The Bertz CT molecular complexity index is 1400. The Morgan fingerprint density at radius 2 is 1.50 bits per heavy atom. The van der Waals surface area contributed by atoms with Crippen molar-refractivity contribution in [1.82, 2.24) is 31.9 Å². The lowest BCUT2D eigenvalue weighted by Crippen LogP contribution is -2.47. The first-order chi connectivity index (χ1) is 26.9. The molecule has 1 aromatic rings. The topological polar surface area (TPSA) is 243 Å². The summed E-state index contributed by atoms with van der Waals surface area (Å²) in [7, 11) is 0. The average Bonchev–Trinajstić information content (AvgIpc) is 3.47. The van der Waals surface area contributed by atoms with E-state index >= 15 is 0 Å². The van der Waals surface area contributed by atoms with Crippen LogP contribution in [0.25, 0.3) is 10.4 Å². The minimum Gasteiger partial charge on any atom is -0.444 e. The van der Waals surface area contributed by atoms with Gasteiger partial charge in [-0.2, -0.15) is 0 Å². The van der Waals surface area contributed by atoms with Crippen molar-refractivity contribution in [2.45, 2.75) is 116 Å². The number of benzene rings is 1. The van der Waals surface area contributed by atoms with Gasteiger partial charge in [0.05, 0.1) is 32.5 Å². The van der Waals surface area contributed by atoms with Gasteiger partial charge >= 0.3 is 12.1 Å². The molecule has 56 heavy (non-hydrogen) atoms. The van der Waals surface area contributed by atoms with Crippen molar-refractivity contribution in [2.75, 3.05) is 59.3 Å². The Hall–Kier alpha value is -4.64. The van der Waals surface area contributed by atoms with E-state index < -0.39 is 23.6 Å². The van der Waals surface area contributed by atoms with Crippen molar-refractivity contribution < 1.29 is 42.9 Å². The van der Waals surface area contributed by atoms with E-state index in [4.69, 9.17) is 24.5 Å². The number of carbonyl (C=O) groups is 5. The zero-order valence-corrected chi connectivity index (χ0v) is 33.5. The molecule has 0 bridgehead atoms. The number of azide groups is 1. The molecule has 1 aliphatic rings. The third-order valence-electron chi connectivity index (χ3n) is 8.47. The molecule has 1 aromatic carbocycles. The predicted octanol–water partition coefficient (Wildman–Crippen LogP) is 4.50. The quantitative estimate of drug-likeness (QED) is 0.0289. The van der Waals surface area contributed by atoms with Crippen molar-refractivity contribution in [3.05, 3.63) is 40.3 Å². The predicted molar refractivity (Wildman–Crippen MR) is 210 cm³/mol. The summed E-state index contributed by atoms with van der Waals surface area (Å²) in [6.45, 7) is 11.1. The number of hydrogen-bond acceptors (Lipinski definition) is 10. The Labute approximate surface area is 330 Å². The summed E-state index contributed by atoms with van der Waals surface area (Å²) < 4.78 is 21.9. The molecule has 314 valence electrons. The number of hydrogen-bond donors (Lipinski definition) is 6. The Morgan fingerprint density at radius 3 is 2.14 bits per heavy atom. The van der Waals surface area contributed by atoms with Gasteiger partial charge in [0.15, 0.2) is 0 Å². The van der Waals surface area contributed by atoms with Gasteiger partial charge in [0, 0.05) is 61.5 Å². The number of urea groups is 1. The molecular formula is C38H63N9O9. The molecule has 2 rings (SSSR count). The molecule has 18 heteroatoms.